The van der Waals surface area contributed by atoms with Crippen molar-refractivity contribution in [3.05, 3.63) is 29.8 Å². The molecule has 1 fully saturated rings. The first-order chi connectivity index (χ1) is 9.45. The molecule has 0 saturated carbocycles. The molecule has 0 bridgehead atoms. The van der Waals surface area contributed by atoms with Gasteiger partial charge >= 0.3 is 6.61 Å². The third-order valence-electron chi connectivity index (χ3n) is 3.14. The van der Waals surface area contributed by atoms with Gasteiger partial charge in [0, 0.05) is 19.5 Å². The maximum Gasteiger partial charge on any atom is 0.387 e. The molecule has 108 valence electrons. The smallest absolute Gasteiger partial charge is 0.387 e. The maximum absolute atomic E-state index is 12.0. The maximum atomic E-state index is 12.0. The van der Waals surface area contributed by atoms with E-state index in [1.165, 1.54) is 17.0 Å². The van der Waals surface area contributed by atoms with E-state index < -0.39 is 18.4 Å². The molecule has 0 radical (unpaired) electrons. The Labute approximate surface area is 114 Å². The zero-order valence-electron chi connectivity index (χ0n) is 10.6. The molecular formula is C13H14F2N2O3. The van der Waals surface area contributed by atoms with Crippen molar-refractivity contribution < 1.29 is 23.1 Å². The summed E-state index contributed by atoms with van der Waals surface area (Å²) >= 11 is 0. The Kier molecular flexibility index (Phi) is 4.16. The Bertz CT molecular complexity index is 505. The van der Waals surface area contributed by atoms with Gasteiger partial charge in [0.05, 0.1) is 5.92 Å². The molecule has 2 N–H and O–H groups in total. The number of amides is 2. The molecule has 1 aromatic carbocycles. The highest BCUT2D eigenvalue weighted by Gasteiger charge is 2.32. The third-order valence-corrected chi connectivity index (χ3v) is 3.14. The van der Waals surface area contributed by atoms with Crippen molar-refractivity contribution in [1.29, 1.82) is 0 Å². The number of primary amides is 1. The van der Waals surface area contributed by atoms with Gasteiger partial charge in [0.2, 0.25) is 11.8 Å². The summed E-state index contributed by atoms with van der Waals surface area (Å²) in [6.45, 7) is -2.25. The number of carbonyl (C=O) groups is 2. The van der Waals surface area contributed by atoms with E-state index >= 15 is 0 Å². The number of alkyl halides is 2. The van der Waals surface area contributed by atoms with Gasteiger partial charge in [0.25, 0.3) is 0 Å². The van der Waals surface area contributed by atoms with Crippen molar-refractivity contribution in [1.82, 2.24) is 4.90 Å². The molecule has 0 spiro atoms. The van der Waals surface area contributed by atoms with E-state index in [1.54, 1.807) is 12.1 Å². The Morgan fingerprint density at radius 3 is 2.55 bits per heavy atom. The lowest BCUT2D eigenvalue weighted by molar-refractivity contribution is -0.128. The topological polar surface area (TPSA) is 72.6 Å². The lowest BCUT2D eigenvalue weighted by Crippen LogP contribution is -2.28. The number of ether oxygens (including phenoxy) is 1. The van der Waals surface area contributed by atoms with Crippen LogP contribution in [0, 0.1) is 5.92 Å². The van der Waals surface area contributed by atoms with Gasteiger partial charge in [-0.1, -0.05) is 12.1 Å². The molecule has 1 aliphatic heterocycles. The predicted octanol–water partition coefficient (Wildman–Crippen LogP) is 1.12. The average molecular weight is 284 g/mol. The van der Waals surface area contributed by atoms with Crippen molar-refractivity contribution in [3.63, 3.8) is 0 Å². The standard InChI is InChI=1S/C13H14F2N2O3/c14-13(15)20-10-3-1-8(2-4-10)6-17-7-9(12(16)19)5-11(17)18/h1-4,9,13H,5-7H2,(H2,16,19). The molecular weight excluding hydrogens is 270 g/mol. The summed E-state index contributed by atoms with van der Waals surface area (Å²) in [6, 6.07) is 6.02. The molecule has 7 heteroatoms. The van der Waals surface area contributed by atoms with E-state index in [2.05, 4.69) is 4.74 Å². The van der Waals surface area contributed by atoms with Crippen LogP contribution in [0.2, 0.25) is 0 Å². The first kappa shape index (κ1) is 14.2. The van der Waals surface area contributed by atoms with E-state index in [-0.39, 0.29) is 18.1 Å². The molecule has 1 aromatic rings. The van der Waals surface area contributed by atoms with Crippen LogP contribution in [0.3, 0.4) is 0 Å². The highest BCUT2D eigenvalue weighted by molar-refractivity contribution is 5.88. The fourth-order valence-corrected chi connectivity index (χ4v) is 2.11. The average Bonchev–Trinajstić information content (AvgIpc) is 2.73. The fraction of sp³-hybridized carbons (Fsp3) is 0.385. The molecule has 2 rings (SSSR count). The third kappa shape index (κ3) is 3.43. The summed E-state index contributed by atoms with van der Waals surface area (Å²) in [5.74, 6) is -1.02. The molecule has 2 amide bonds. The molecule has 20 heavy (non-hydrogen) atoms. The van der Waals surface area contributed by atoms with Crippen molar-refractivity contribution >= 4 is 11.8 Å². The van der Waals surface area contributed by atoms with Gasteiger partial charge in [-0.2, -0.15) is 8.78 Å². The van der Waals surface area contributed by atoms with Crippen LogP contribution in [-0.4, -0.2) is 29.9 Å². The molecule has 1 heterocycles. The van der Waals surface area contributed by atoms with E-state index in [0.717, 1.165) is 5.56 Å². The van der Waals surface area contributed by atoms with Gasteiger partial charge in [0.15, 0.2) is 0 Å². The Balaban J connectivity index is 1.97. The first-order valence-electron chi connectivity index (χ1n) is 6.06. The predicted molar refractivity (Wildman–Crippen MR) is 65.8 cm³/mol. The minimum Gasteiger partial charge on any atom is -0.435 e. The summed E-state index contributed by atoms with van der Waals surface area (Å²) in [5, 5.41) is 0. The lowest BCUT2D eigenvalue weighted by atomic mass is 10.1. The number of hydrogen-bond acceptors (Lipinski definition) is 3. The number of likely N-dealkylation sites (tertiary alicyclic amines) is 1. The number of carbonyl (C=O) groups excluding carboxylic acids is 2. The van der Waals surface area contributed by atoms with E-state index in [9.17, 15) is 18.4 Å². The van der Waals surface area contributed by atoms with Crippen LogP contribution in [0.25, 0.3) is 0 Å². The van der Waals surface area contributed by atoms with Crippen molar-refractivity contribution in [2.24, 2.45) is 11.7 Å². The van der Waals surface area contributed by atoms with Crippen LogP contribution in [0.4, 0.5) is 8.78 Å². The summed E-state index contributed by atoms with van der Waals surface area (Å²) in [6.07, 6.45) is 0.127. The zero-order valence-corrected chi connectivity index (χ0v) is 10.6. The van der Waals surface area contributed by atoms with Crippen LogP contribution in [-0.2, 0) is 16.1 Å². The number of nitrogens with two attached hydrogens (primary N) is 1. The summed E-state index contributed by atoms with van der Waals surface area (Å²) in [4.78, 5) is 24.3. The molecule has 1 aliphatic rings. The summed E-state index contributed by atoms with van der Waals surface area (Å²) < 4.78 is 28.2. The van der Waals surface area contributed by atoms with Gasteiger partial charge in [-0.05, 0) is 17.7 Å². The number of halogens is 2. The molecule has 0 aromatic heterocycles. The normalized spacial score (nSPS) is 18.6. The second-order valence-electron chi connectivity index (χ2n) is 4.60. The van der Waals surface area contributed by atoms with Crippen LogP contribution < -0.4 is 10.5 Å². The van der Waals surface area contributed by atoms with Gasteiger partial charge in [-0.15, -0.1) is 0 Å². The number of rotatable bonds is 5. The first-order valence-corrected chi connectivity index (χ1v) is 6.06. The van der Waals surface area contributed by atoms with Crippen LogP contribution >= 0.6 is 0 Å². The van der Waals surface area contributed by atoms with Crippen molar-refractivity contribution in [2.75, 3.05) is 6.54 Å². The highest BCUT2D eigenvalue weighted by Crippen LogP contribution is 2.21. The second-order valence-corrected chi connectivity index (χ2v) is 4.60. The lowest BCUT2D eigenvalue weighted by Gasteiger charge is -2.16. The van der Waals surface area contributed by atoms with Crippen LogP contribution in [0.15, 0.2) is 24.3 Å². The monoisotopic (exact) mass is 284 g/mol. The van der Waals surface area contributed by atoms with Crippen LogP contribution in [0.5, 0.6) is 5.75 Å². The largest absolute Gasteiger partial charge is 0.435 e. The minimum absolute atomic E-state index is 0.0616. The van der Waals surface area contributed by atoms with E-state index in [1.807, 2.05) is 0 Å². The quantitative estimate of drug-likeness (QED) is 0.880. The SMILES string of the molecule is NC(=O)C1CC(=O)N(Cc2ccc(OC(F)F)cc2)C1. The minimum atomic E-state index is -2.86. The molecule has 0 aliphatic carbocycles. The Morgan fingerprint density at radius 1 is 1.40 bits per heavy atom. The molecule has 5 nitrogen and oxygen atoms in total. The molecule has 1 saturated heterocycles. The number of benzene rings is 1. The van der Waals surface area contributed by atoms with Crippen LogP contribution in [0.1, 0.15) is 12.0 Å². The Hall–Kier alpha value is -2.18. The van der Waals surface area contributed by atoms with Gasteiger partial charge < -0.3 is 15.4 Å². The van der Waals surface area contributed by atoms with E-state index in [4.69, 9.17) is 5.73 Å². The van der Waals surface area contributed by atoms with Gasteiger partial charge in [0.1, 0.15) is 5.75 Å². The van der Waals surface area contributed by atoms with Gasteiger partial charge in [-0.3, -0.25) is 9.59 Å². The molecule has 1 atom stereocenters. The molecule has 1 unspecified atom stereocenters. The second kappa shape index (κ2) is 5.85. The fourth-order valence-electron chi connectivity index (χ4n) is 2.11. The van der Waals surface area contributed by atoms with Crippen molar-refractivity contribution in [2.45, 2.75) is 19.6 Å². The highest BCUT2D eigenvalue weighted by atomic mass is 19.3. The Morgan fingerprint density at radius 2 is 2.05 bits per heavy atom. The summed E-state index contributed by atoms with van der Waals surface area (Å²) in [5.41, 5.74) is 5.94. The van der Waals surface area contributed by atoms with Gasteiger partial charge in [-0.25, -0.2) is 0 Å². The van der Waals surface area contributed by atoms with E-state index in [0.29, 0.717) is 13.1 Å². The van der Waals surface area contributed by atoms with Crippen molar-refractivity contribution in [3.8, 4) is 5.75 Å². The number of nitrogens with zero attached hydrogens (tertiary/aromatic N) is 1. The zero-order chi connectivity index (χ0) is 14.7. The number of hydrogen-bond donors (Lipinski definition) is 1. The summed E-state index contributed by atoms with van der Waals surface area (Å²) in [7, 11) is 0.